The molecule has 1 heterocycles. The predicted octanol–water partition coefficient (Wildman–Crippen LogP) is 4.60. The second-order valence-electron chi connectivity index (χ2n) is 8.45. The van der Waals surface area contributed by atoms with Gasteiger partial charge in [-0.2, -0.15) is 0 Å². The third-order valence-electron chi connectivity index (χ3n) is 6.06. The molecule has 28 heavy (non-hydrogen) atoms. The van der Waals surface area contributed by atoms with Crippen LogP contribution in [0.3, 0.4) is 0 Å². The minimum atomic E-state index is 0.434. The summed E-state index contributed by atoms with van der Waals surface area (Å²) in [4.78, 5) is 4.88. The van der Waals surface area contributed by atoms with Crippen LogP contribution < -0.4 is 5.32 Å². The molecular weight excluding hydrogens is 346 g/mol. The summed E-state index contributed by atoms with van der Waals surface area (Å²) in [5, 5.41) is 3.46. The van der Waals surface area contributed by atoms with Gasteiger partial charge in [-0.3, -0.25) is 4.90 Å². The Morgan fingerprint density at radius 1 is 1.32 bits per heavy atom. The third-order valence-corrected chi connectivity index (χ3v) is 6.06. The molecule has 0 bridgehead atoms. The van der Waals surface area contributed by atoms with Crippen LogP contribution >= 0.6 is 0 Å². The monoisotopic (exact) mass is 391 g/mol. The molecule has 1 aliphatic heterocycles. The molecule has 1 rings (SSSR count). The van der Waals surface area contributed by atoms with Gasteiger partial charge in [0.25, 0.3) is 0 Å². The van der Waals surface area contributed by atoms with Crippen LogP contribution in [0.5, 0.6) is 0 Å². The summed E-state index contributed by atoms with van der Waals surface area (Å²) in [7, 11) is 6.31. The molecule has 1 fully saturated rings. The second kappa shape index (κ2) is 13.2. The van der Waals surface area contributed by atoms with Gasteiger partial charge in [-0.25, -0.2) is 0 Å². The summed E-state index contributed by atoms with van der Waals surface area (Å²) in [6.07, 6.45) is 10.2. The average molecular weight is 392 g/mol. The fraction of sp³-hybridized carbons (Fsp3) is 0.750. The van der Waals surface area contributed by atoms with E-state index in [9.17, 15) is 0 Å². The van der Waals surface area contributed by atoms with Crippen LogP contribution in [0.25, 0.3) is 0 Å². The molecule has 0 aromatic carbocycles. The van der Waals surface area contributed by atoms with Crippen LogP contribution in [0.1, 0.15) is 59.8 Å². The zero-order valence-corrected chi connectivity index (χ0v) is 19.6. The quantitative estimate of drug-likeness (QED) is 0.299. The number of likely N-dealkylation sites (tertiary alicyclic amines) is 1. The fourth-order valence-electron chi connectivity index (χ4n) is 4.08. The number of hydrogen-bond acceptors (Lipinski definition) is 4. The number of allylic oxidation sites excluding steroid dienone is 3. The van der Waals surface area contributed by atoms with Crippen LogP contribution in [0.15, 0.2) is 35.6 Å². The second-order valence-corrected chi connectivity index (χ2v) is 8.45. The SMILES string of the molecule is C=C/C(OCCCCN(C)C)=C(C)\C(C)=C\C(C)N1CCC(NC)CC1CC. The first-order valence-corrected chi connectivity index (χ1v) is 11.1. The minimum Gasteiger partial charge on any atom is -0.493 e. The predicted molar refractivity (Wildman–Crippen MR) is 123 cm³/mol. The van der Waals surface area contributed by atoms with E-state index in [-0.39, 0.29) is 0 Å². The van der Waals surface area contributed by atoms with Crippen molar-refractivity contribution >= 4 is 0 Å². The van der Waals surface area contributed by atoms with Gasteiger partial charge in [0, 0.05) is 24.7 Å². The molecule has 3 unspecified atom stereocenters. The van der Waals surface area contributed by atoms with Crippen molar-refractivity contribution in [2.45, 2.75) is 77.9 Å². The lowest BCUT2D eigenvalue weighted by molar-refractivity contribution is 0.103. The van der Waals surface area contributed by atoms with E-state index in [1.165, 1.54) is 30.4 Å². The van der Waals surface area contributed by atoms with Gasteiger partial charge in [-0.05, 0) is 97.8 Å². The maximum atomic E-state index is 6.03. The van der Waals surface area contributed by atoms with Crippen LogP contribution in [0, 0.1) is 0 Å². The van der Waals surface area contributed by atoms with Crippen molar-refractivity contribution in [2.75, 3.05) is 40.8 Å². The molecule has 0 aromatic rings. The summed E-state index contributed by atoms with van der Waals surface area (Å²) in [6, 6.07) is 1.75. The Balaban J connectivity index is 2.71. The van der Waals surface area contributed by atoms with E-state index >= 15 is 0 Å². The van der Waals surface area contributed by atoms with Gasteiger partial charge in [0.15, 0.2) is 0 Å². The number of hydrogen-bond donors (Lipinski definition) is 1. The third kappa shape index (κ3) is 8.10. The normalized spacial score (nSPS) is 23.5. The molecule has 4 nitrogen and oxygen atoms in total. The van der Waals surface area contributed by atoms with Gasteiger partial charge >= 0.3 is 0 Å². The topological polar surface area (TPSA) is 27.7 Å². The van der Waals surface area contributed by atoms with E-state index in [1.54, 1.807) is 0 Å². The lowest BCUT2D eigenvalue weighted by atomic mass is 9.93. The largest absolute Gasteiger partial charge is 0.493 e. The van der Waals surface area contributed by atoms with Crippen molar-refractivity contribution < 1.29 is 4.74 Å². The molecule has 1 saturated heterocycles. The Bertz CT molecular complexity index is 524. The number of unbranched alkanes of at least 4 members (excludes halogenated alkanes) is 1. The number of piperidine rings is 1. The van der Waals surface area contributed by atoms with Crippen molar-refractivity contribution in [3.8, 4) is 0 Å². The van der Waals surface area contributed by atoms with E-state index in [0.717, 1.165) is 38.3 Å². The number of nitrogens with one attached hydrogen (secondary N) is 1. The molecule has 3 atom stereocenters. The summed E-state index contributed by atoms with van der Waals surface area (Å²) < 4.78 is 6.03. The molecular formula is C24H45N3O. The Hall–Kier alpha value is -1.10. The van der Waals surface area contributed by atoms with Crippen molar-refractivity contribution in [3.63, 3.8) is 0 Å². The Kier molecular flexibility index (Phi) is 11.7. The molecule has 4 heteroatoms. The van der Waals surface area contributed by atoms with Crippen LogP contribution in [-0.2, 0) is 4.74 Å². The summed E-state index contributed by atoms with van der Waals surface area (Å²) in [5.74, 6) is 0.923. The zero-order valence-electron chi connectivity index (χ0n) is 19.6. The molecule has 0 radical (unpaired) electrons. The first-order chi connectivity index (χ1) is 13.3. The van der Waals surface area contributed by atoms with Crippen molar-refractivity contribution in [2.24, 2.45) is 0 Å². The van der Waals surface area contributed by atoms with Crippen LogP contribution in [-0.4, -0.2) is 68.8 Å². The maximum absolute atomic E-state index is 6.03. The van der Waals surface area contributed by atoms with Gasteiger partial charge in [-0.1, -0.05) is 19.6 Å². The Morgan fingerprint density at radius 2 is 2.04 bits per heavy atom. The smallest absolute Gasteiger partial charge is 0.121 e. The highest BCUT2D eigenvalue weighted by Gasteiger charge is 2.28. The van der Waals surface area contributed by atoms with Gasteiger partial charge in [-0.15, -0.1) is 0 Å². The van der Waals surface area contributed by atoms with Gasteiger partial charge in [0.05, 0.1) is 6.61 Å². The maximum Gasteiger partial charge on any atom is 0.121 e. The lowest BCUT2D eigenvalue weighted by Gasteiger charge is -2.42. The molecule has 1 aliphatic rings. The minimum absolute atomic E-state index is 0.434. The van der Waals surface area contributed by atoms with Gasteiger partial charge < -0.3 is 15.0 Å². The molecule has 0 spiro atoms. The van der Waals surface area contributed by atoms with Crippen LogP contribution in [0.4, 0.5) is 0 Å². The fourth-order valence-corrected chi connectivity index (χ4v) is 4.08. The van der Waals surface area contributed by atoms with E-state index in [2.05, 4.69) is 76.6 Å². The van der Waals surface area contributed by atoms with Crippen LogP contribution in [0.2, 0.25) is 0 Å². The van der Waals surface area contributed by atoms with E-state index < -0.39 is 0 Å². The number of rotatable bonds is 12. The highest BCUT2D eigenvalue weighted by Crippen LogP contribution is 2.25. The summed E-state index contributed by atoms with van der Waals surface area (Å²) in [5.41, 5.74) is 2.49. The standard InChI is InChI=1S/C24H45N3O/c1-9-23-18-22(25-6)13-15-27(23)20(4)17-19(3)21(5)24(10-2)28-16-12-11-14-26(7)8/h10,17,20,22-23,25H,2,9,11-16,18H2,1,3-8H3/b19-17+,24-21+. The highest BCUT2D eigenvalue weighted by atomic mass is 16.5. The van der Waals surface area contributed by atoms with Gasteiger partial charge in [0.2, 0.25) is 0 Å². The van der Waals surface area contributed by atoms with E-state index in [4.69, 9.17) is 4.74 Å². The van der Waals surface area contributed by atoms with E-state index in [1.807, 2.05) is 6.08 Å². The van der Waals surface area contributed by atoms with E-state index in [0.29, 0.717) is 18.1 Å². The number of ether oxygens (including phenoxy) is 1. The molecule has 0 amide bonds. The van der Waals surface area contributed by atoms with Crippen molar-refractivity contribution in [3.05, 3.63) is 35.6 Å². The number of nitrogens with zero attached hydrogens (tertiary/aromatic N) is 2. The first kappa shape index (κ1) is 24.9. The molecule has 0 saturated carbocycles. The molecule has 162 valence electrons. The van der Waals surface area contributed by atoms with Crippen molar-refractivity contribution in [1.29, 1.82) is 0 Å². The first-order valence-electron chi connectivity index (χ1n) is 11.1. The Labute approximate surface area is 174 Å². The molecule has 0 aliphatic carbocycles. The summed E-state index contributed by atoms with van der Waals surface area (Å²) >= 11 is 0. The highest BCUT2D eigenvalue weighted by molar-refractivity contribution is 5.34. The van der Waals surface area contributed by atoms with Crippen molar-refractivity contribution in [1.82, 2.24) is 15.1 Å². The Morgan fingerprint density at radius 3 is 2.61 bits per heavy atom. The average Bonchev–Trinajstić information content (AvgIpc) is 2.69. The van der Waals surface area contributed by atoms with Gasteiger partial charge in [0.1, 0.15) is 5.76 Å². The molecule has 0 aromatic heterocycles. The molecule has 1 N–H and O–H groups in total. The zero-order chi connectivity index (χ0) is 21.1. The summed E-state index contributed by atoms with van der Waals surface area (Å²) in [6.45, 7) is 16.0. The lowest BCUT2D eigenvalue weighted by Crippen LogP contribution is -2.50.